The van der Waals surface area contributed by atoms with Crippen LogP contribution in [0.4, 0.5) is 11.6 Å². The van der Waals surface area contributed by atoms with E-state index in [0.29, 0.717) is 17.8 Å². The van der Waals surface area contributed by atoms with Gasteiger partial charge in [-0.3, -0.25) is 0 Å². The van der Waals surface area contributed by atoms with Gasteiger partial charge in [0.15, 0.2) is 0 Å². The second kappa shape index (κ2) is 6.70. The van der Waals surface area contributed by atoms with Crippen LogP contribution in [-0.2, 0) is 11.2 Å². The average Bonchev–Trinajstić information content (AvgIpc) is 2.83. The summed E-state index contributed by atoms with van der Waals surface area (Å²) in [6.07, 6.45) is 4.45. The van der Waals surface area contributed by atoms with Gasteiger partial charge in [-0.2, -0.15) is 0 Å². The van der Waals surface area contributed by atoms with Crippen molar-refractivity contribution in [2.45, 2.75) is 45.6 Å². The number of nitrogens with two attached hydrogens (primary N) is 1. The standard InChI is InChI=1S/C14H24N4O/c1-3-5-13-17-12(15)8-14(18-13)16-9-10-6-7-19-11(10)4-2/h8,10-11H,3-7,9H2,1-2H3,(H3,15,16,17,18). The zero-order chi connectivity index (χ0) is 13.7. The van der Waals surface area contributed by atoms with E-state index >= 15 is 0 Å². The average molecular weight is 264 g/mol. The molecule has 0 aromatic carbocycles. The number of hydrogen-bond donors (Lipinski definition) is 2. The summed E-state index contributed by atoms with van der Waals surface area (Å²) in [6, 6.07) is 1.80. The number of nitrogens with zero attached hydrogens (tertiary/aromatic N) is 2. The minimum Gasteiger partial charge on any atom is -0.384 e. The van der Waals surface area contributed by atoms with Crippen molar-refractivity contribution in [1.29, 1.82) is 0 Å². The number of nitrogen functional groups attached to an aromatic ring is 1. The Morgan fingerprint density at radius 1 is 1.42 bits per heavy atom. The molecule has 2 unspecified atom stereocenters. The molecule has 0 saturated carbocycles. The zero-order valence-electron chi connectivity index (χ0n) is 11.9. The largest absolute Gasteiger partial charge is 0.384 e. The van der Waals surface area contributed by atoms with Gasteiger partial charge in [-0.1, -0.05) is 13.8 Å². The molecule has 5 nitrogen and oxygen atoms in total. The Morgan fingerprint density at radius 2 is 2.26 bits per heavy atom. The van der Waals surface area contributed by atoms with Crippen molar-refractivity contribution in [3.63, 3.8) is 0 Å². The monoisotopic (exact) mass is 264 g/mol. The van der Waals surface area contributed by atoms with E-state index in [1.54, 1.807) is 6.07 Å². The molecule has 0 aliphatic carbocycles. The molecule has 5 heteroatoms. The number of ether oxygens (including phenoxy) is 1. The van der Waals surface area contributed by atoms with Gasteiger partial charge in [0.25, 0.3) is 0 Å². The summed E-state index contributed by atoms with van der Waals surface area (Å²) in [5.41, 5.74) is 5.81. The smallest absolute Gasteiger partial charge is 0.133 e. The van der Waals surface area contributed by atoms with Crippen LogP contribution in [0.2, 0.25) is 0 Å². The van der Waals surface area contributed by atoms with E-state index in [0.717, 1.165) is 50.5 Å². The molecule has 0 amide bonds. The van der Waals surface area contributed by atoms with Crippen molar-refractivity contribution >= 4 is 11.6 Å². The number of anilines is 2. The first-order valence-electron chi connectivity index (χ1n) is 7.21. The molecule has 0 radical (unpaired) electrons. The highest BCUT2D eigenvalue weighted by molar-refractivity contribution is 5.44. The quantitative estimate of drug-likeness (QED) is 0.824. The fourth-order valence-corrected chi connectivity index (χ4v) is 2.56. The molecule has 2 heterocycles. The number of hydrogen-bond acceptors (Lipinski definition) is 5. The van der Waals surface area contributed by atoms with Crippen LogP contribution in [0.5, 0.6) is 0 Å². The summed E-state index contributed by atoms with van der Waals surface area (Å²) in [5.74, 6) is 2.75. The molecule has 0 bridgehead atoms. The molecule has 19 heavy (non-hydrogen) atoms. The molecule has 3 N–H and O–H groups in total. The van der Waals surface area contributed by atoms with Crippen LogP contribution in [-0.4, -0.2) is 29.2 Å². The van der Waals surface area contributed by atoms with Crippen LogP contribution in [0.1, 0.15) is 38.9 Å². The van der Waals surface area contributed by atoms with Crippen LogP contribution < -0.4 is 11.1 Å². The normalized spacial score (nSPS) is 22.6. The molecule has 1 fully saturated rings. The molecule has 2 atom stereocenters. The Kier molecular flexibility index (Phi) is 4.96. The van der Waals surface area contributed by atoms with Gasteiger partial charge in [-0.25, -0.2) is 9.97 Å². The Labute approximate surface area is 115 Å². The van der Waals surface area contributed by atoms with Crippen LogP contribution >= 0.6 is 0 Å². The van der Waals surface area contributed by atoms with Gasteiger partial charge in [-0.05, 0) is 19.3 Å². The predicted octanol–water partition coefficient (Wildman–Crippen LogP) is 2.24. The van der Waals surface area contributed by atoms with Crippen molar-refractivity contribution in [1.82, 2.24) is 9.97 Å². The first kappa shape index (κ1) is 14.1. The fourth-order valence-electron chi connectivity index (χ4n) is 2.56. The lowest BCUT2D eigenvalue weighted by Crippen LogP contribution is -2.23. The number of aromatic nitrogens is 2. The Morgan fingerprint density at radius 3 is 3.00 bits per heavy atom. The van der Waals surface area contributed by atoms with Gasteiger partial charge in [0, 0.05) is 31.6 Å². The Balaban J connectivity index is 1.95. The molecular weight excluding hydrogens is 240 g/mol. The third kappa shape index (κ3) is 3.80. The SMILES string of the molecule is CCCc1nc(N)cc(NCC2CCOC2CC)n1. The summed E-state index contributed by atoms with van der Waals surface area (Å²) < 4.78 is 5.69. The van der Waals surface area contributed by atoms with E-state index in [1.807, 2.05) is 0 Å². The second-order valence-electron chi connectivity index (χ2n) is 5.09. The minimum absolute atomic E-state index is 0.377. The predicted molar refractivity (Wildman–Crippen MR) is 77.1 cm³/mol. The van der Waals surface area contributed by atoms with Gasteiger partial charge < -0.3 is 15.8 Å². The van der Waals surface area contributed by atoms with E-state index in [9.17, 15) is 0 Å². The Bertz CT molecular complexity index is 410. The molecule has 1 aromatic rings. The molecule has 1 aliphatic rings. The van der Waals surface area contributed by atoms with E-state index in [-0.39, 0.29) is 0 Å². The maximum atomic E-state index is 5.81. The highest BCUT2D eigenvalue weighted by atomic mass is 16.5. The highest BCUT2D eigenvalue weighted by Gasteiger charge is 2.26. The van der Waals surface area contributed by atoms with Crippen molar-refractivity contribution in [2.75, 3.05) is 24.2 Å². The topological polar surface area (TPSA) is 73.1 Å². The maximum Gasteiger partial charge on any atom is 0.133 e. The first-order valence-corrected chi connectivity index (χ1v) is 7.21. The van der Waals surface area contributed by atoms with E-state index in [2.05, 4.69) is 29.1 Å². The summed E-state index contributed by atoms with van der Waals surface area (Å²) in [7, 11) is 0. The van der Waals surface area contributed by atoms with Crippen LogP contribution in [0, 0.1) is 5.92 Å². The summed E-state index contributed by atoms with van der Waals surface area (Å²) >= 11 is 0. The third-order valence-electron chi connectivity index (χ3n) is 3.56. The van der Waals surface area contributed by atoms with Gasteiger partial charge in [0.2, 0.25) is 0 Å². The molecule has 2 rings (SSSR count). The second-order valence-corrected chi connectivity index (χ2v) is 5.09. The summed E-state index contributed by atoms with van der Waals surface area (Å²) in [4.78, 5) is 8.73. The third-order valence-corrected chi connectivity index (χ3v) is 3.56. The van der Waals surface area contributed by atoms with Crippen molar-refractivity contribution < 1.29 is 4.74 Å². The molecule has 1 aromatic heterocycles. The van der Waals surface area contributed by atoms with Crippen LogP contribution in [0.25, 0.3) is 0 Å². The molecule has 1 aliphatic heterocycles. The molecule has 106 valence electrons. The minimum atomic E-state index is 0.377. The van der Waals surface area contributed by atoms with Gasteiger partial charge in [-0.15, -0.1) is 0 Å². The lowest BCUT2D eigenvalue weighted by Gasteiger charge is -2.17. The van der Waals surface area contributed by atoms with Gasteiger partial charge in [0.1, 0.15) is 17.5 Å². The number of rotatable bonds is 6. The molecule has 1 saturated heterocycles. The number of nitrogens with one attached hydrogen (secondary N) is 1. The van der Waals surface area contributed by atoms with E-state index in [4.69, 9.17) is 10.5 Å². The fraction of sp³-hybridized carbons (Fsp3) is 0.714. The first-order chi connectivity index (χ1) is 9.22. The van der Waals surface area contributed by atoms with Crippen molar-refractivity contribution in [3.05, 3.63) is 11.9 Å². The lowest BCUT2D eigenvalue weighted by atomic mass is 10.00. The number of aryl methyl sites for hydroxylation is 1. The van der Waals surface area contributed by atoms with Crippen molar-refractivity contribution in [3.8, 4) is 0 Å². The molecular formula is C14H24N4O. The molecule has 0 spiro atoms. The van der Waals surface area contributed by atoms with E-state index < -0.39 is 0 Å². The highest BCUT2D eigenvalue weighted by Crippen LogP contribution is 2.23. The van der Waals surface area contributed by atoms with Gasteiger partial charge in [0.05, 0.1) is 6.10 Å². The van der Waals surface area contributed by atoms with E-state index in [1.165, 1.54) is 0 Å². The van der Waals surface area contributed by atoms with Gasteiger partial charge >= 0.3 is 0 Å². The van der Waals surface area contributed by atoms with Crippen LogP contribution in [0.3, 0.4) is 0 Å². The Hall–Kier alpha value is -1.36. The lowest BCUT2D eigenvalue weighted by molar-refractivity contribution is 0.0900. The maximum absolute atomic E-state index is 5.81. The summed E-state index contributed by atoms with van der Waals surface area (Å²) in [5, 5.41) is 3.38. The zero-order valence-corrected chi connectivity index (χ0v) is 11.9. The summed E-state index contributed by atoms with van der Waals surface area (Å²) in [6.45, 7) is 6.05. The van der Waals surface area contributed by atoms with Crippen LogP contribution in [0.15, 0.2) is 6.07 Å². The van der Waals surface area contributed by atoms with Crippen molar-refractivity contribution in [2.24, 2.45) is 5.92 Å².